The lowest BCUT2D eigenvalue weighted by Crippen LogP contribution is -2.40. The summed E-state index contributed by atoms with van der Waals surface area (Å²) in [5, 5.41) is 4.98. The van der Waals surface area contributed by atoms with E-state index in [-0.39, 0.29) is 5.39 Å². The van der Waals surface area contributed by atoms with Gasteiger partial charge < -0.3 is 4.90 Å². The molecule has 2 heterocycles. The van der Waals surface area contributed by atoms with E-state index in [0.717, 1.165) is 4.57 Å². The molecule has 0 bridgehead atoms. The first-order valence-corrected chi connectivity index (χ1v) is 8.11. The number of nitrogens with zero attached hydrogens (tertiary/aromatic N) is 5. The number of aromatic nitrogens is 4. The third-order valence-electron chi connectivity index (χ3n) is 3.92. The Kier molecular flexibility index (Phi) is 4.60. The number of benzene rings is 1. The molecule has 134 valence electrons. The van der Waals surface area contributed by atoms with Crippen LogP contribution in [0.25, 0.3) is 16.7 Å². The van der Waals surface area contributed by atoms with Gasteiger partial charge in [-0.25, -0.2) is 9.67 Å². The molecule has 3 rings (SSSR count). The standard InChI is InChI=1S/C17H16ClN5O3/c1-10(24)14(17(26)21(2)3)22-9-19-15-13(16(22)25)8-20-23(15)12-6-4-11(18)5-7-12/h4-9,14H,1-3H3/t14-/m0/s1. The maximum absolute atomic E-state index is 12.8. The second-order valence-electron chi connectivity index (χ2n) is 5.97. The lowest BCUT2D eigenvalue weighted by atomic mass is 10.1. The highest BCUT2D eigenvalue weighted by Crippen LogP contribution is 2.17. The van der Waals surface area contributed by atoms with Crippen molar-refractivity contribution >= 4 is 34.3 Å². The topological polar surface area (TPSA) is 90.1 Å². The van der Waals surface area contributed by atoms with Gasteiger partial charge in [-0.2, -0.15) is 5.10 Å². The van der Waals surface area contributed by atoms with Gasteiger partial charge in [0.25, 0.3) is 11.5 Å². The van der Waals surface area contributed by atoms with Crippen LogP contribution in [-0.2, 0) is 9.59 Å². The van der Waals surface area contributed by atoms with E-state index < -0.39 is 23.3 Å². The Bertz CT molecular complexity index is 1050. The summed E-state index contributed by atoms with van der Waals surface area (Å²) < 4.78 is 2.54. The van der Waals surface area contributed by atoms with Crippen LogP contribution in [-0.4, -0.2) is 50.0 Å². The first kappa shape index (κ1) is 17.8. The van der Waals surface area contributed by atoms with E-state index in [1.165, 1.54) is 43.1 Å². The second-order valence-corrected chi connectivity index (χ2v) is 6.41. The number of hydrogen-bond acceptors (Lipinski definition) is 5. The first-order valence-electron chi connectivity index (χ1n) is 7.73. The molecule has 2 aromatic heterocycles. The lowest BCUT2D eigenvalue weighted by Gasteiger charge is -2.20. The molecule has 0 aliphatic heterocycles. The summed E-state index contributed by atoms with van der Waals surface area (Å²) in [6.45, 7) is 1.26. The normalized spacial score (nSPS) is 12.2. The van der Waals surface area contributed by atoms with E-state index in [9.17, 15) is 14.4 Å². The molecule has 0 spiro atoms. The Hall–Kier alpha value is -3.00. The molecule has 0 radical (unpaired) electrons. The van der Waals surface area contributed by atoms with Crippen molar-refractivity contribution in [3.05, 3.63) is 52.2 Å². The summed E-state index contributed by atoms with van der Waals surface area (Å²) in [7, 11) is 3.04. The number of carbonyl (C=O) groups excluding carboxylic acids is 2. The Morgan fingerprint density at radius 3 is 2.42 bits per heavy atom. The van der Waals surface area contributed by atoms with Gasteiger partial charge in [-0.05, 0) is 31.2 Å². The number of likely N-dealkylation sites (N-methyl/N-ethyl adjacent to an activating group) is 1. The fourth-order valence-corrected chi connectivity index (χ4v) is 2.74. The zero-order valence-electron chi connectivity index (χ0n) is 14.4. The van der Waals surface area contributed by atoms with Crippen LogP contribution >= 0.6 is 11.6 Å². The Morgan fingerprint density at radius 1 is 1.19 bits per heavy atom. The van der Waals surface area contributed by atoms with Crippen molar-refractivity contribution < 1.29 is 9.59 Å². The highest BCUT2D eigenvalue weighted by atomic mass is 35.5. The molecule has 9 heteroatoms. The van der Waals surface area contributed by atoms with Crippen LogP contribution < -0.4 is 5.56 Å². The fraction of sp³-hybridized carbons (Fsp3) is 0.235. The molecule has 26 heavy (non-hydrogen) atoms. The van der Waals surface area contributed by atoms with Gasteiger partial charge >= 0.3 is 0 Å². The summed E-state index contributed by atoms with van der Waals surface area (Å²) >= 11 is 5.89. The van der Waals surface area contributed by atoms with Crippen molar-refractivity contribution in [1.29, 1.82) is 0 Å². The molecule has 0 aliphatic rings. The van der Waals surface area contributed by atoms with E-state index in [1.54, 1.807) is 24.3 Å². The van der Waals surface area contributed by atoms with Crippen LogP contribution in [0.5, 0.6) is 0 Å². The summed E-state index contributed by atoms with van der Waals surface area (Å²) in [4.78, 5) is 42.6. The van der Waals surface area contributed by atoms with Gasteiger partial charge in [0.05, 0.1) is 11.9 Å². The summed E-state index contributed by atoms with van der Waals surface area (Å²) in [5.41, 5.74) is 0.500. The van der Waals surface area contributed by atoms with Crippen molar-refractivity contribution in [1.82, 2.24) is 24.2 Å². The van der Waals surface area contributed by atoms with Crippen molar-refractivity contribution in [2.24, 2.45) is 0 Å². The molecular weight excluding hydrogens is 358 g/mol. The molecule has 0 saturated heterocycles. The highest BCUT2D eigenvalue weighted by Gasteiger charge is 2.29. The maximum Gasteiger partial charge on any atom is 0.265 e. The van der Waals surface area contributed by atoms with Crippen LogP contribution in [0.2, 0.25) is 5.02 Å². The minimum absolute atomic E-state index is 0.209. The molecule has 0 unspecified atom stereocenters. The number of ketones is 1. The highest BCUT2D eigenvalue weighted by molar-refractivity contribution is 6.30. The number of fused-ring (bicyclic) bond motifs is 1. The molecule has 0 N–H and O–H groups in total. The van der Waals surface area contributed by atoms with Crippen molar-refractivity contribution in [2.75, 3.05) is 14.1 Å². The van der Waals surface area contributed by atoms with E-state index in [2.05, 4.69) is 10.1 Å². The van der Waals surface area contributed by atoms with E-state index in [4.69, 9.17) is 11.6 Å². The molecule has 0 aliphatic carbocycles. The van der Waals surface area contributed by atoms with Crippen molar-refractivity contribution in [2.45, 2.75) is 13.0 Å². The fourth-order valence-electron chi connectivity index (χ4n) is 2.61. The molecule has 1 amide bonds. The SMILES string of the molecule is CC(=O)[C@@H](C(=O)N(C)C)n1cnc2c(cnn2-c2ccc(Cl)cc2)c1=O. The van der Waals surface area contributed by atoms with Gasteiger partial charge in [-0.15, -0.1) is 0 Å². The predicted octanol–water partition coefficient (Wildman–Crippen LogP) is 1.45. The number of halogens is 1. The number of amides is 1. The summed E-state index contributed by atoms with van der Waals surface area (Å²) in [6.07, 6.45) is 2.57. The minimum Gasteiger partial charge on any atom is -0.347 e. The molecule has 8 nitrogen and oxygen atoms in total. The second kappa shape index (κ2) is 6.72. The molecule has 1 aromatic carbocycles. The van der Waals surface area contributed by atoms with Gasteiger partial charge in [0, 0.05) is 19.1 Å². The zero-order chi connectivity index (χ0) is 19.0. The summed E-state index contributed by atoms with van der Waals surface area (Å²) in [6, 6.07) is 5.64. The maximum atomic E-state index is 12.8. The minimum atomic E-state index is -1.26. The third-order valence-corrected chi connectivity index (χ3v) is 4.17. The van der Waals surface area contributed by atoms with Gasteiger partial charge in [0.1, 0.15) is 11.7 Å². The van der Waals surface area contributed by atoms with Crippen LogP contribution in [0, 0.1) is 0 Å². The van der Waals surface area contributed by atoms with Gasteiger partial charge in [0.15, 0.2) is 17.5 Å². The molecule has 0 fully saturated rings. The van der Waals surface area contributed by atoms with Crippen LogP contribution in [0.4, 0.5) is 0 Å². The quantitative estimate of drug-likeness (QED) is 0.646. The average Bonchev–Trinajstić information content (AvgIpc) is 3.02. The van der Waals surface area contributed by atoms with Crippen molar-refractivity contribution in [3.63, 3.8) is 0 Å². The van der Waals surface area contributed by atoms with E-state index in [1.807, 2.05) is 0 Å². The van der Waals surface area contributed by atoms with Gasteiger partial charge in [-0.1, -0.05) is 11.6 Å². The molecular formula is C17H16ClN5O3. The molecule has 3 aromatic rings. The van der Waals surface area contributed by atoms with Crippen LogP contribution in [0.3, 0.4) is 0 Å². The predicted molar refractivity (Wildman–Crippen MR) is 96.5 cm³/mol. The Morgan fingerprint density at radius 2 is 1.85 bits per heavy atom. The van der Waals surface area contributed by atoms with E-state index in [0.29, 0.717) is 16.4 Å². The first-order chi connectivity index (χ1) is 12.3. The Balaban J connectivity index is 2.16. The van der Waals surface area contributed by atoms with Gasteiger partial charge in [0.2, 0.25) is 0 Å². The number of hydrogen-bond donors (Lipinski definition) is 0. The van der Waals surface area contributed by atoms with Gasteiger partial charge in [-0.3, -0.25) is 19.0 Å². The lowest BCUT2D eigenvalue weighted by molar-refractivity contribution is -0.137. The average molecular weight is 374 g/mol. The number of Topliss-reactive ketones (excluding diaryl/α,β-unsaturated/α-hetero) is 1. The number of rotatable bonds is 4. The third kappa shape index (κ3) is 2.99. The van der Waals surface area contributed by atoms with Crippen LogP contribution in [0.1, 0.15) is 13.0 Å². The largest absolute Gasteiger partial charge is 0.347 e. The molecule has 1 atom stereocenters. The van der Waals surface area contributed by atoms with E-state index >= 15 is 0 Å². The Labute approximate surface area is 153 Å². The summed E-state index contributed by atoms with van der Waals surface area (Å²) in [5.74, 6) is -0.942. The smallest absolute Gasteiger partial charge is 0.265 e. The number of carbonyl (C=O) groups is 2. The monoisotopic (exact) mass is 373 g/mol. The molecule has 0 saturated carbocycles. The van der Waals surface area contributed by atoms with Crippen molar-refractivity contribution in [3.8, 4) is 5.69 Å². The van der Waals surface area contributed by atoms with Crippen LogP contribution in [0.15, 0.2) is 41.6 Å². The zero-order valence-corrected chi connectivity index (χ0v) is 15.1.